The molecule has 5 nitrogen and oxygen atoms in total. The molecule has 3 aromatic rings. The van der Waals surface area contributed by atoms with Gasteiger partial charge in [-0.15, -0.1) is 12.4 Å². The summed E-state index contributed by atoms with van der Waals surface area (Å²) >= 11 is 0. The maximum atomic E-state index is 10.8. The molecule has 2 N–H and O–H groups in total. The summed E-state index contributed by atoms with van der Waals surface area (Å²) in [7, 11) is 0. The molecular weight excluding hydrogens is 414 g/mol. The minimum atomic E-state index is -0.656. The van der Waals surface area contributed by atoms with Crippen LogP contribution in [0.1, 0.15) is 29.7 Å². The Bertz CT molecular complexity index is 967. The summed E-state index contributed by atoms with van der Waals surface area (Å²) in [4.78, 5) is 0. The highest BCUT2D eigenvalue weighted by molar-refractivity contribution is 5.85. The third kappa shape index (κ3) is 6.14. The van der Waals surface area contributed by atoms with Crippen LogP contribution >= 0.6 is 12.4 Å². The lowest BCUT2D eigenvalue weighted by Crippen LogP contribution is -2.32. The molecule has 1 aliphatic heterocycles. The summed E-state index contributed by atoms with van der Waals surface area (Å²) in [6.45, 7) is 3.30. The van der Waals surface area contributed by atoms with E-state index in [0.717, 1.165) is 29.0 Å². The van der Waals surface area contributed by atoms with Crippen molar-refractivity contribution in [3.63, 3.8) is 0 Å². The van der Waals surface area contributed by atoms with E-state index in [4.69, 9.17) is 14.2 Å². The van der Waals surface area contributed by atoms with Gasteiger partial charge in [0.1, 0.15) is 12.4 Å². The van der Waals surface area contributed by atoms with E-state index in [1.807, 2.05) is 66.7 Å². The first-order valence-electron chi connectivity index (χ1n) is 10.2. The second-order valence-electron chi connectivity index (χ2n) is 7.53. The average Bonchev–Trinajstić information content (AvgIpc) is 3.25. The summed E-state index contributed by atoms with van der Waals surface area (Å²) in [6, 6.07) is 23.9. The molecule has 2 unspecified atom stereocenters. The fourth-order valence-corrected chi connectivity index (χ4v) is 3.54. The predicted octanol–water partition coefficient (Wildman–Crippen LogP) is 4.67. The molecule has 0 spiro atoms. The van der Waals surface area contributed by atoms with Gasteiger partial charge >= 0.3 is 0 Å². The summed E-state index contributed by atoms with van der Waals surface area (Å²) in [5.41, 5.74) is 3.05. The Kier molecular flexibility index (Phi) is 8.18. The van der Waals surface area contributed by atoms with Crippen molar-refractivity contribution in [2.24, 2.45) is 0 Å². The smallest absolute Gasteiger partial charge is 0.231 e. The SMILES string of the molecule is CC(Cc1ccc2c(c1)OCO2)NCC(O)c1ccccc1OCc1ccccc1.Cl. The molecule has 164 valence electrons. The van der Waals surface area contributed by atoms with Gasteiger partial charge < -0.3 is 24.6 Å². The standard InChI is InChI=1S/C25H27NO4.ClH/c1-18(13-20-11-12-24-25(14-20)30-17-29-24)26-15-22(27)21-9-5-6-10-23(21)28-16-19-7-3-2-4-8-19;/h2-12,14,18,22,26-27H,13,15-17H2,1H3;1H. The largest absolute Gasteiger partial charge is 0.489 e. The monoisotopic (exact) mass is 441 g/mol. The van der Waals surface area contributed by atoms with Crippen LogP contribution in [0, 0.1) is 0 Å². The van der Waals surface area contributed by atoms with Crippen LogP contribution in [0.4, 0.5) is 0 Å². The second kappa shape index (κ2) is 11.0. The van der Waals surface area contributed by atoms with Crippen molar-refractivity contribution in [1.29, 1.82) is 0 Å². The summed E-state index contributed by atoms with van der Waals surface area (Å²) in [5.74, 6) is 2.30. The van der Waals surface area contributed by atoms with Crippen LogP contribution in [0.5, 0.6) is 17.2 Å². The van der Waals surface area contributed by atoms with Crippen molar-refractivity contribution in [2.45, 2.75) is 32.1 Å². The number of ether oxygens (including phenoxy) is 3. The van der Waals surface area contributed by atoms with Crippen molar-refractivity contribution < 1.29 is 19.3 Å². The van der Waals surface area contributed by atoms with Crippen LogP contribution in [0.3, 0.4) is 0 Å². The highest BCUT2D eigenvalue weighted by Crippen LogP contribution is 2.33. The molecule has 0 fully saturated rings. The molecule has 4 rings (SSSR count). The fourth-order valence-electron chi connectivity index (χ4n) is 3.54. The maximum absolute atomic E-state index is 10.8. The quantitative estimate of drug-likeness (QED) is 0.505. The van der Waals surface area contributed by atoms with Crippen molar-refractivity contribution in [3.8, 4) is 17.2 Å². The van der Waals surface area contributed by atoms with Gasteiger partial charge in [-0.25, -0.2) is 0 Å². The second-order valence-corrected chi connectivity index (χ2v) is 7.53. The molecule has 1 heterocycles. The lowest BCUT2D eigenvalue weighted by Gasteiger charge is -2.20. The molecule has 31 heavy (non-hydrogen) atoms. The first-order chi connectivity index (χ1) is 14.7. The molecular formula is C25H28ClNO4. The zero-order valence-corrected chi connectivity index (χ0v) is 18.3. The zero-order valence-electron chi connectivity index (χ0n) is 17.5. The molecule has 0 aliphatic carbocycles. The van der Waals surface area contributed by atoms with Crippen molar-refractivity contribution in [3.05, 3.63) is 89.5 Å². The normalized spacial score (nSPS) is 13.9. The number of aliphatic hydroxyl groups excluding tert-OH is 1. The molecule has 0 saturated heterocycles. The zero-order chi connectivity index (χ0) is 20.8. The molecule has 0 amide bonds. The fraction of sp³-hybridized carbons (Fsp3) is 0.280. The van der Waals surface area contributed by atoms with Crippen molar-refractivity contribution in [1.82, 2.24) is 5.32 Å². The van der Waals surface area contributed by atoms with Crippen LogP contribution in [0.25, 0.3) is 0 Å². The van der Waals surface area contributed by atoms with Gasteiger partial charge in [-0.1, -0.05) is 54.6 Å². The highest BCUT2D eigenvalue weighted by atomic mass is 35.5. The molecule has 0 aromatic heterocycles. The Morgan fingerprint density at radius 1 is 0.935 bits per heavy atom. The number of rotatable bonds is 9. The first kappa shape index (κ1) is 22.9. The van der Waals surface area contributed by atoms with E-state index in [9.17, 15) is 5.11 Å². The minimum Gasteiger partial charge on any atom is -0.489 e. The Labute approximate surface area is 189 Å². The number of benzene rings is 3. The summed E-state index contributed by atoms with van der Waals surface area (Å²) in [6.07, 6.45) is 0.173. The average molecular weight is 442 g/mol. The molecule has 1 aliphatic rings. The van der Waals surface area contributed by atoms with Crippen LogP contribution < -0.4 is 19.5 Å². The van der Waals surface area contributed by atoms with Gasteiger partial charge in [0.2, 0.25) is 6.79 Å². The number of hydrogen-bond acceptors (Lipinski definition) is 5. The van der Waals surface area contributed by atoms with E-state index in [1.165, 1.54) is 5.56 Å². The van der Waals surface area contributed by atoms with E-state index in [0.29, 0.717) is 18.9 Å². The van der Waals surface area contributed by atoms with Crippen LogP contribution in [0.2, 0.25) is 0 Å². The number of halogens is 1. The lowest BCUT2D eigenvalue weighted by atomic mass is 10.0. The molecule has 3 aromatic carbocycles. The molecule has 0 saturated carbocycles. The van der Waals surface area contributed by atoms with E-state index < -0.39 is 6.10 Å². The molecule has 6 heteroatoms. The van der Waals surface area contributed by atoms with E-state index >= 15 is 0 Å². The van der Waals surface area contributed by atoms with E-state index in [1.54, 1.807) is 0 Å². The van der Waals surface area contributed by atoms with E-state index in [-0.39, 0.29) is 25.2 Å². The Hall–Kier alpha value is -2.73. The topological polar surface area (TPSA) is 60.0 Å². The van der Waals surface area contributed by atoms with Gasteiger partial charge in [0, 0.05) is 18.2 Å². The van der Waals surface area contributed by atoms with Crippen LogP contribution in [-0.2, 0) is 13.0 Å². The summed E-state index contributed by atoms with van der Waals surface area (Å²) in [5, 5.41) is 14.2. The van der Waals surface area contributed by atoms with Crippen LogP contribution in [-0.4, -0.2) is 24.5 Å². The Balaban J connectivity index is 0.00000272. The van der Waals surface area contributed by atoms with Gasteiger partial charge in [0.15, 0.2) is 11.5 Å². The van der Waals surface area contributed by atoms with Gasteiger partial charge in [0.25, 0.3) is 0 Å². The number of para-hydroxylation sites is 1. The number of fused-ring (bicyclic) bond motifs is 1. The van der Waals surface area contributed by atoms with Crippen LogP contribution in [0.15, 0.2) is 72.8 Å². The molecule has 0 bridgehead atoms. The molecule has 2 atom stereocenters. The first-order valence-corrected chi connectivity index (χ1v) is 10.2. The van der Waals surface area contributed by atoms with E-state index in [2.05, 4.69) is 18.3 Å². The van der Waals surface area contributed by atoms with Gasteiger partial charge in [-0.05, 0) is 42.7 Å². The van der Waals surface area contributed by atoms with Gasteiger partial charge in [0.05, 0.1) is 6.10 Å². The van der Waals surface area contributed by atoms with Crippen molar-refractivity contribution >= 4 is 12.4 Å². The number of aliphatic hydroxyl groups is 1. The highest BCUT2D eigenvalue weighted by Gasteiger charge is 2.16. The lowest BCUT2D eigenvalue weighted by molar-refractivity contribution is 0.163. The molecule has 0 radical (unpaired) electrons. The minimum absolute atomic E-state index is 0. The van der Waals surface area contributed by atoms with Gasteiger partial charge in [-0.2, -0.15) is 0 Å². The Morgan fingerprint density at radius 2 is 1.68 bits per heavy atom. The third-order valence-corrected chi connectivity index (χ3v) is 5.15. The van der Waals surface area contributed by atoms with Crippen molar-refractivity contribution in [2.75, 3.05) is 13.3 Å². The third-order valence-electron chi connectivity index (χ3n) is 5.15. The Morgan fingerprint density at radius 3 is 2.52 bits per heavy atom. The number of nitrogens with one attached hydrogen (secondary N) is 1. The maximum Gasteiger partial charge on any atom is 0.231 e. The summed E-state index contributed by atoms with van der Waals surface area (Å²) < 4.78 is 16.8. The number of hydrogen-bond donors (Lipinski definition) is 2. The predicted molar refractivity (Wildman–Crippen MR) is 123 cm³/mol. The van der Waals surface area contributed by atoms with Gasteiger partial charge in [-0.3, -0.25) is 0 Å².